The molecule has 0 spiro atoms. The molecule has 0 saturated carbocycles. The highest BCUT2D eigenvalue weighted by molar-refractivity contribution is 14.0. The number of halogens is 1. The Balaban J connectivity index is 0.00000272. The van der Waals surface area contributed by atoms with E-state index in [1.54, 1.807) is 0 Å². The first-order valence-corrected chi connectivity index (χ1v) is 10.8. The Hall–Kier alpha value is -2.36. The Morgan fingerprint density at radius 2 is 1.81 bits per heavy atom. The molecule has 2 aliphatic heterocycles. The Morgan fingerprint density at radius 1 is 1.03 bits per heavy atom. The number of carbonyl (C=O) groups is 1. The zero-order chi connectivity index (χ0) is 20.8. The van der Waals surface area contributed by atoms with E-state index in [1.807, 2.05) is 30.3 Å². The van der Waals surface area contributed by atoms with E-state index in [0.29, 0.717) is 13.0 Å². The third-order valence-corrected chi connectivity index (χ3v) is 5.79. The maximum Gasteiger partial charge on any atom is 0.226 e. The average molecular weight is 534 g/mol. The van der Waals surface area contributed by atoms with Gasteiger partial charge in [-0.05, 0) is 42.7 Å². The number of hydrogen-bond acceptors (Lipinski definition) is 4. The molecule has 2 fully saturated rings. The summed E-state index contributed by atoms with van der Waals surface area (Å²) in [4.78, 5) is 27.5. The third kappa shape index (κ3) is 5.87. The first kappa shape index (κ1) is 23.3. The zero-order valence-electron chi connectivity index (χ0n) is 18.0. The van der Waals surface area contributed by atoms with Crippen molar-refractivity contribution in [3.05, 3.63) is 54.2 Å². The molecule has 4 rings (SSSR count). The lowest BCUT2D eigenvalue weighted by molar-refractivity contribution is -0.119. The minimum atomic E-state index is 0. The van der Waals surface area contributed by atoms with Gasteiger partial charge in [-0.15, -0.1) is 24.0 Å². The topological polar surface area (TPSA) is 64.1 Å². The van der Waals surface area contributed by atoms with Gasteiger partial charge in [-0.25, -0.2) is 4.98 Å². The normalized spacial score (nSPS) is 17.4. The second kappa shape index (κ2) is 11.3. The fourth-order valence-corrected chi connectivity index (χ4v) is 4.07. The summed E-state index contributed by atoms with van der Waals surface area (Å²) in [5, 5.41) is 3.48. The van der Waals surface area contributed by atoms with Gasteiger partial charge in [-0.3, -0.25) is 9.79 Å². The van der Waals surface area contributed by atoms with Crippen molar-refractivity contribution in [2.24, 2.45) is 4.99 Å². The van der Waals surface area contributed by atoms with E-state index in [0.717, 1.165) is 63.0 Å². The van der Waals surface area contributed by atoms with Gasteiger partial charge in [0.2, 0.25) is 5.91 Å². The van der Waals surface area contributed by atoms with Gasteiger partial charge in [0, 0.05) is 64.6 Å². The number of nitrogens with zero attached hydrogens (tertiary/aromatic N) is 5. The number of pyridine rings is 1. The van der Waals surface area contributed by atoms with Gasteiger partial charge in [0.1, 0.15) is 5.82 Å². The first-order chi connectivity index (χ1) is 14.7. The van der Waals surface area contributed by atoms with Crippen LogP contribution in [-0.4, -0.2) is 61.5 Å². The Kier molecular flexibility index (Phi) is 8.51. The highest BCUT2D eigenvalue weighted by Gasteiger charge is 2.21. The van der Waals surface area contributed by atoms with Crippen molar-refractivity contribution >= 4 is 47.3 Å². The van der Waals surface area contributed by atoms with E-state index in [-0.39, 0.29) is 29.9 Å². The number of amides is 1. The van der Waals surface area contributed by atoms with Crippen molar-refractivity contribution in [2.45, 2.75) is 25.8 Å². The zero-order valence-corrected chi connectivity index (χ0v) is 20.4. The van der Waals surface area contributed by atoms with Gasteiger partial charge in [-0.2, -0.15) is 0 Å². The first-order valence-electron chi connectivity index (χ1n) is 10.8. The minimum absolute atomic E-state index is 0. The summed E-state index contributed by atoms with van der Waals surface area (Å²) < 4.78 is 0. The third-order valence-electron chi connectivity index (χ3n) is 5.79. The summed E-state index contributed by atoms with van der Waals surface area (Å²) in [5.74, 6) is 2.19. The number of piperazine rings is 1. The van der Waals surface area contributed by atoms with Crippen LogP contribution >= 0.6 is 24.0 Å². The predicted octanol–water partition coefficient (Wildman–Crippen LogP) is 3.11. The molecule has 2 aliphatic rings. The molecular weight excluding hydrogens is 503 g/mol. The fraction of sp³-hybridized carbons (Fsp3) is 0.435. The molecule has 0 radical (unpaired) electrons. The molecule has 166 valence electrons. The molecule has 1 N–H and O–H groups in total. The summed E-state index contributed by atoms with van der Waals surface area (Å²) in [5.41, 5.74) is 2.18. The van der Waals surface area contributed by atoms with Gasteiger partial charge in [0.05, 0.1) is 0 Å². The second-order valence-electron chi connectivity index (χ2n) is 7.73. The lowest BCUT2D eigenvalue weighted by Gasteiger charge is -2.37. The minimum Gasteiger partial charge on any atom is -0.353 e. The molecule has 31 heavy (non-hydrogen) atoms. The molecule has 0 unspecified atom stereocenters. The van der Waals surface area contributed by atoms with Crippen LogP contribution in [-0.2, 0) is 11.3 Å². The van der Waals surface area contributed by atoms with E-state index in [1.165, 1.54) is 5.56 Å². The molecule has 8 heteroatoms. The van der Waals surface area contributed by atoms with Crippen molar-refractivity contribution in [3.63, 3.8) is 0 Å². The predicted molar refractivity (Wildman–Crippen MR) is 136 cm³/mol. The Bertz CT molecular complexity index is 865. The molecular formula is C23H31IN6O. The van der Waals surface area contributed by atoms with Gasteiger partial charge >= 0.3 is 0 Å². The van der Waals surface area contributed by atoms with Crippen molar-refractivity contribution in [2.75, 3.05) is 49.6 Å². The largest absolute Gasteiger partial charge is 0.353 e. The van der Waals surface area contributed by atoms with Crippen LogP contribution in [0.3, 0.4) is 0 Å². The molecule has 1 aromatic heterocycles. The van der Waals surface area contributed by atoms with Gasteiger partial charge in [-0.1, -0.05) is 18.2 Å². The van der Waals surface area contributed by atoms with E-state index < -0.39 is 0 Å². The number of rotatable bonds is 4. The number of piperidine rings is 1. The fourth-order valence-electron chi connectivity index (χ4n) is 4.07. The lowest BCUT2D eigenvalue weighted by Crippen LogP contribution is -2.52. The Labute approximate surface area is 201 Å². The highest BCUT2D eigenvalue weighted by atomic mass is 127. The lowest BCUT2D eigenvalue weighted by atomic mass is 10.1. The van der Waals surface area contributed by atoms with Crippen LogP contribution in [0.25, 0.3) is 0 Å². The molecule has 0 bridgehead atoms. The number of nitrogens with one attached hydrogen (secondary N) is 1. The van der Waals surface area contributed by atoms with Crippen LogP contribution in [0.4, 0.5) is 11.5 Å². The summed E-state index contributed by atoms with van der Waals surface area (Å²) >= 11 is 0. The smallest absolute Gasteiger partial charge is 0.226 e. The van der Waals surface area contributed by atoms with E-state index >= 15 is 0 Å². The van der Waals surface area contributed by atoms with Crippen molar-refractivity contribution in [3.8, 4) is 0 Å². The van der Waals surface area contributed by atoms with Crippen LogP contribution in [0.2, 0.25) is 0 Å². The quantitative estimate of drug-likeness (QED) is 0.371. The van der Waals surface area contributed by atoms with Gasteiger partial charge in [0.15, 0.2) is 5.96 Å². The number of anilines is 2. The standard InChI is InChI=1S/C23H30N6O.HI/c1-24-23(28-16-14-27(15-17-28)21-6-2-4-12-25-21)26-18-19-8-10-20(11-9-19)29-13-5-3-7-22(29)30;/h2,4,6,8-12H,3,5,7,13-18H2,1H3,(H,24,26);1H. The average Bonchev–Trinajstić information content (AvgIpc) is 2.81. The van der Waals surface area contributed by atoms with E-state index in [4.69, 9.17) is 0 Å². The van der Waals surface area contributed by atoms with Crippen LogP contribution in [0.15, 0.2) is 53.7 Å². The SMILES string of the molecule is CN=C(NCc1ccc(N2CCCCC2=O)cc1)N1CCN(c2ccccn2)CC1.I. The van der Waals surface area contributed by atoms with Gasteiger partial charge in [0.25, 0.3) is 0 Å². The molecule has 0 aliphatic carbocycles. The summed E-state index contributed by atoms with van der Waals surface area (Å²) in [6.45, 7) is 5.21. The maximum absolute atomic E-state index is 12.1. The molecule has 2 saturated heterocycles. The Morgan fingerprint density at radius 3 is 2.45 bits per heavy atom. The highest BCUT2D eigenvalue weighted by Crippen LogP contribution is 2.21. The number of hydrogen-bond donors (Lipinski definition) is 1. The van der Waals surface area contributed by atoms with Crippen molar-refractivity contribution < 1.29 is 4.79 Å². The number of guanidine groups is 1. The summed E-state index contributed by atoms with van der Waals surface area (Å²) in [7, 11) is 1.83. The molecule has 2 aromatic rings. The van der Waals surface area contributed by atoms with E-state index in [2.05, 4.69) is 55.4 Å². The molecule has 7 nitrogen and oxygen atoms in total. The number of aromatic nitrogens is 1. The summed E-state index contributed by atoms with van der Waals surface area (Å²) in [6, 6.07) is 14.3. The van der Waals surface area contributed by atoms with E-state index in [9.17, 15) is 4.79 Å². The van der Waals surface area contributed by atoms with Crippen molar-refractivity contribution in [1.82, 2.24) is 15.2 Å². The molecule has 1 amide bonds. The molecule has 1 aromatic carbocycles. The monoisotopic (exact) mass is 534 g/mol. The van der Waals surface area contributed by atoms with Crippen LogP contribution < -0.4 is 15.1 Å². The number of aliphatic imine (C=N–C) groups is 1. The van der Waals surface area contributed by atoms with Crippen LogP contribution in [0.1, 0.15) is 24.8 Å². The maximum atomic E-state index is 12.1. The van der Waals surface area contributed by atoms with Crippen LogP contribution in [0, 0.1) is 0 Å². The second-order valence-corrected chi connectivity index (χ2v) is 7.73. The van der Waals surface area contributed by atoms with Gasteiger partial charge < -0.3 is 20.0 Å². The number of carbonyl (C=O) groups excluding carboxylic acids is 1. The summed E-state index contributed by atoms with van der Waals surface area (Å²) in [6.07, 6.45) is 4.59. The van der Waals surface area contributed by atoms with Crippen LogP contribution in [0.5, 0.6) is 0 Å². The molecule has 3 heterocycles. The number of benzene rings is 1. The van der Waals surface area contributed by atoms with Crippen molar-refractivity contribution in [1.29, 1.82) is 0 Å². The molecule has 0 atom stereocenters.